The molecule has 0 radical (unpaired) electrons. The molecule has 0 heterocycles. The van der Waals surface area contributed by atoms with Gasteiger partial charge in [0.15, 0.2) is 0 Å². The highest BCUT2D eigenvalue weighted by molar-refractivity contribution is 6.31. The Morgan fingerprint density at radius 1 is 1.33 bits per heavy atom. The van der Waals surface area contributed by atoms with Crippen molar-refractivity contribution in [1.29, 1.82) is 0 Å². The lowest BCUT2D eigenvalue weighted by Crippen LogP contribution is -2.10. The summed E-state index contributed by atoms with van der Waals surface area (Å²) < 4.78 is 0. The van der Waals surface area contributed by atoms with Gasteiger partial charge in [-0.1, -0.05) is 11.6 Å². The molecular weight excluding hydrogens is 172 g/mol. The van der Waals surface area contributed by atoms with Crippen LogP contribution in [-0.2, 0) is 0 Å². The molecule has 0 aromatic heterocycles. The van der Waals surface area contributed by atoms with Gasteiger partial charge in [0.1, 0.15) is 0 Å². The molecule has 0 fully saturated rings. The second-order valence-corrected chi connectivity index (χ2v) is 3.24. The number of rotatable bonds is 2. The lowest BCUT2D eigenvalue weighted by atomic mass is 10.2. The van der Waals surface area contributed by atoms with Gasteiger partial charge in [0.05, 0.1) is 11.4 Å². The maximum Gasteiger partial charge on any atom is 0.0597 e. The Labute approximate surface area is 78.1 Å². The van der Waals surface area contributed by atoms with Crippen LogP contribution in [0.25, 0.3) is 0 Å². The molecule has 66 valence electrons. The number of hydrogen-bond donors (Lipinski definition) is 1. The van der Waals surface area contributed by atoms with Gasteiger partial charge in [-0.15, -0.1) is 0 Å². The van der Waals surface area contributed by atoms with Crippen molar-refractivity contribution in [3.63, 3.8) is 0 Å². The summed E-state index contributed by atoms with van der Waals surface area (Å²) in [5, 5.41) is 3.85. The van der Waals surface area contributed by atoms with Gasteiger partial charge in [0.25, 0.3) is 0 Å². The van der Waals surface area contributed by atoms with Gasteiger partial charge in [-0.2, -0.15) is 0 Å². The number of nitrogens with zero attached hydrogens (tertiary/aromatic N) is 1. The highest BCUT2D eigenvalue weighted by Crippen LogP contribution is 2.26. The first-order valence-corrected chi connectivity index (χ1v) is 4.17. The van der Waals surface area contributed by atoms with Crippen molar-refractivity contribution >= 4 is 23.0 Å². The Bertz CT molecular complexity index is 271. The summed E-state index contributed by atoms with van der Waals surface area (Å²) in [5.74, 6) is 0. The molecule has 0 bridgehead atoms. The fourth-order valence-corrected chi connectivity index (χ4v) is 1.27. The Balaban J connectivity index is 3.11. The quantitative estimate of drug-likeness (QED) is 0.760. The molecule has 12 heavy (non-hydrogen) atoms. The molecule has 0 saturated carbocycles. The Kier molecular flexibility index (Phi) is 2.82. The first-order valence-electron chi connectivity index (χ1n) is 3.80. The van der Waals surface area contributed by atoms with E-state index >= 15 is 0 Å². The monoisotopic (exact) mass is 184 g/mol. The fraction of sp³-hybridized carbons (Fsp3) is 0.333. The number of halogens is 1. The summed E-state index contributed by atoms with van der Waals surface area (Å²) >= 11 is 5.84. The van der Waals surface area contributed by atoms with Crippen LogP contribution >= 0.6 is 11.6 Å². The zero-order valence-electron chi connectivity index (χ0n) is 7.56. The first-order chi connectivity index (χ1) is 5.65. The molecule has 2 nitrogen and oxygen atoms in total. The highest BCUT2D eigenvalue weighted by atomic mass is 35.5. The van der Waals surface area contributed by atoms with E-state index < -0.39 is 0 Å². The molecule has 0 spiro atoms. The van der Waals surface area contributed by atoms with Crippen molar-refractivity contribution in [3.8, 4) is 0 Å². The van der Waals surface area contributed by atoms with Crippen molar-refractivity contribution in [1.82, 2.24) is 0 Å². The third-order valence-electron chi connectivity index (χ3n) is 1.71. The summed E-state index contributed by atoms with van der Waals surface area (Å²) in [5.41, 5.74) is 2.19. The Hall–Kier alpha value is -0.890. The SMILES string of the molecule is CNc1cc(Cl)ccc1N(C)C. The van der Waals surface area contributed by atoms with Crippen LogP contribution in [0.15, 0.2) is 18.2 Å². The zero-order valence-corrected chi connectivity index (χ0v) is 8.31. The summed E-state index contributed by atoms with van der Waals surface area (Å²) in [4.78, 5) is 2.04. The molecule has 0 aliphatic carbocycles. The van der Waals surface area contributed by atoms with E-state index in [0.717, 1.165) is 16.4 Å². The number of nitrogens with one attached hydrogen (secondary N) is 1. The molecular formula is C9H13ClN2. The first kappa shape index (κ1) is 9.20. The van der Waals surface area contributed by atoms with Crippen LogP contribution in [0.5, 0.6) is 0 Å². The second kappa shape index (κ2) is 3.68. The second-order valence-electron chi connectivity index (χ2n) is 2.81. The molecule has 0 atom stereocenters. The molecule has 0 aliphatic heterocycles. The molecule has 0 amide bonds. The third kappa shape index (κ3) is 1.83. The lowest BCUT2D eigenvalue weighted by molar-refractivity contribution is 1.13. The fourth-order valence-electron chi connectivity index (χ4n) is 1.10. The average molecular weight is 185 g/mol. The largest absolute Gasteiger partial charge is 0.386 e. The average Bonchev–Trinajstić information content (AvgIpc) is 2.03. The van der Waals surface area contributed by atoms with Gasteiger partial charge in [-0.25, -0.2) is 0 Å². The molecule has 0 unspecified atom stereocenters. The smallest absolute Gasteiger partial charge is 0.0597 e. The summed E-state index contributed by atoms with van der Waals surface area (Å²) in [6, 6.07) is 5.79. The predicted molar refractivity (Wildman–Crippen MR) is 55.3 cm³/mol. The van der Waals surface area contributed by atoms with Gasteiger partial charge < -0.3 is 10.2 Å². The molecule has 1 aromatic carbocycles. The van der Waals surface area contributed by atoms with E-state index in [1.54, 1.807) is 0 Å². The number of hydrogen-bond acceptors (Lipinski definition) is 2. The van der Waals surface area contributed by atoms with E-state index in [9.17, 15) is 0 Å². The number of benzene rings is 1. The van der Waals surface area contributed by atoms with Crippen molar-refractivity contribution < 1.29 is 0 Å². The standard InChI is InChI=1S/C9H13ClN2/c1-11-8-6-7(10)4-5-9(8)12(2)3/h4-6,11H,1-3H3. The predicted octanol–water partition coefficient (Wildman–Crippen LogP) is 2.45. The van der Waals surface area contributed by atoms with Gasteiger partial charge >= 0.3 is 0 Å². The molecule has 1 rings (SSSR count). The minimum atomic E-state index is 0.755. The zero-order chi connectivity index (χ0) is 9.14. The summed E-state index contributed by atoms with van der Waals surface area (Å²) in [7, 11) is 5.90. The van der Waals surface area contributed by atoms with Crippen LogP contribution in [0.4, 0.5) is 11.4 Å². The van der Waals surface area contributed by atoms with E-state index in [4.69, 9.17) is 11.6 Å². The Morgan fingerprint density at radius 2 is 2.00 bits per heavy atom. The summed E-state index contributed by atoms with van der Waals surface area (Å²) in [6.45, 7) is 0. The van der Waals surface area contributed by atoms with E-state index in [0.29, 0.717) is 0 Å². The van der Waals surface area contributed by atoms with Crippen molar-refractivity contribution in [3.05, 3.63) is 23.2 Å². The van der Waals surface area contributed by atoms with Crippen molar-refractivity contribution in [2.75, 3.05) is 31.4 Å². The van der Waals surface area contributed by atoms with Crippen LogP contribution in [0.1, 0.15) is 0 Å². The van der Waals surface area contributed by atoms with E-state index in [-0.39, 0.29) is 0 Å². The molecule has 1 aromatic rings. The lowest BCUT2D eigenvalue weighted by Gasteiger charge is -2.17. The maximum atomic E-state index is 5.84. The van der Waals surface area contributed by atoms with Gasteiger partial charge in [0, 0.05) is 26.2 Å². The van der Waals surface area contributed by atoms with Gasteiger partial charge in [-0.05, 0) is 18.2 Å². The van der Waals surface area contributed by atoms with E-state index in [1.165, 1.54) is 0 Å². The highest BCUT2D eigenvalue weighted by Gasteiger charge is 2.02. The van der Waals surface area contributed by atoms with Gasteiger partial charge in [0.2, 0.25) is 0 Å². The third-order valence-corrected chi connectivity index (χ3v) is 1.94. The van der Waals surface area contributed by atoms with Crippen molar-refractivity contribution in [2.45, 2.75) is 0 Å². The van der Waals surface area contributed by atoms with Crippen LogP contribution in [-0.4, -0.2) is 21.1 Å². The van der Waals surface area contributed by atoms with E-state index in [1.807, 2.05) is 44.2 Å². The van der Waals surface area contributed by atoms with E-state index in [2.05, 4.69) is 5.32 Å². The molecule has 1 N–H and O–H groups in total. The minimum Gasteiger partial charge on any atom is -0.386 e. The maximum absolute atomic E-state index is 5.84. The molecule has 3 heteroatoms. The van der Waals surface area contributed by atoms with Crippen LogP contribution < -0.4 is 10.2 Å². The normalized spacial score (nSPS) is 9.67. The molecule has 0 saturated heterocycles. The molecule has 0 aliphatic rings. The van der Waals surface area contributed by atoms with Gasteiger partial charge in [-0.3, -0.25) is 0 Å². The van der Waals surface area contributed by atoms with Crippen molar-refractivity contribution in [2.24, 2.45) is 0 Å². The Morgan fingerprint density at radius 3 is 2.50 bits per heavy atom. The summed E-state index contributed by atoms with van der Waals surface area (Å²) in [6.07, 6.45) is 0. The minimum absolute atomic E-state index is 0.755. The topological polar surface area (TPSA) is 15.3 Å². The van der Waals surface area contributed by atoms with Crippen LogP contribution in [0, 0.1) is 0 Å². The number of anilines is 2. The van der Waals surface area contributed by atoms with Crippen LogP contribution in [0.3, 0.4) is 0 Å². The van der Waals surface area contributed by atoms with Crippen LogP contribution in [0.2, 0.25) is 5.02 Å².